The van der Waals surface area contributed by atoms with Gasteiger partial charge < -0.3 is 20.3 Å². The van der Waals surface area contributed by atoms with Crippen LogP contribution in [0.15, 0.2) is 30.8 Å². The summed E-state index contributed by atoms with van der Waals surface area (Å²) in [7, 11) is 0. The van der Waals surface area contributed by atoms with Gasteiger partial charge in [0.2, 0.25) is 11.8 Å². The van der Waals surface area contributed by atoms with E-state index in [9.17, 15) is 14.4 Å². The fourth-order valence-corrected chi connectivity index (χ4v) is 3.95. The molecule has 2 atom stereocenters. The number of hydrogen-bond donors (Lipinski definition) is 3. The molecule has 0 saturated heterocycles. The van der Waals surface area contributed by atoms with E-state index in [-0.39, 0.29) is 11.7 Å². The molecule has 0 aliphatic rings. The Kier molecular flexibility index (Phi) is 12.5. The Hall–Kier alpha value is -2.48. The number of carbonyl (C=O) groups is 3. The van der Waals surface area contributed by atoms with Gasteiger partial charge in [0.25, 0.3) is 0 Å². The second-order valence-electron chi connectivity index (χ2n) is 10.5. The zero-order chi connectivity index (χ0) is 27.5. The summed E-state index contributed by atoms with van der Waals surface area (Å²) in [5.74, 6) is -0.621. The maximum absolute atomic E-state index is 14.0. The molecule has 202 valence electrons. The molecule has 1 aromatic carbocycles. The van der Waals surface area contributed by atoms with Gasteiger partial charge in [0.1, 0.15) is 17.7 Å². The SMILES string of the molecule is C=Cc1cccc(C(C(=O)NCCCCC)N(C(=O)C(CS)NC(=O)OC(C)(C)C)C(C)(C)CC)c1. The van der Waals surface area contributed by atoms with E-state index in [2.05, 4.69) is 36.8 Å². The lowest BCUT2D eigenvalue weighted by Crippen LogP contribution is -2.60. The molecule has 0 spiro atoms. The minimum Gasteiger partial charge on any atom is -0.444 e. The molecule has 2 unspecified atom stereocenters. The first-order valence-electron chi connectivity index (χ1n) is 12.7. The molecule has 0 fully saturated rings. The summed E-state index contributed by atoms with van der Waals surface area (Å²) in [6, 6.07) is 5.56. The highest BCUT2D eigenvalue weighted by atomic mass is 32.1. The van der Waals surface area contributed by atoms with E-state index >= 15 is 0 Å². The van der Waals surface area contributed by atoms with E-state index in [1.807, 2.05) is 45.0 Å². The number of amides is 3. The molecular formula is C28H45N3O4S. The predicted octanol–water partition coefficient (Wildman–Crippen LogP) is 5.52. The number of hydrogen-bond acceptors (Lipinski definition) is 5. The van der Waals surface area contributed by atoms with Gasteiger partial charge in [0, 0.05) is 17.8 Å². The van der Waals surface area contributed by atoms with Crippen molar-refractivity contribution in [3.05, 3.63) is 42.0 Å². The van der Waals surface area contributed by atoms with Crippen LogP contribution in [0.2, 0.25) is 0 Å². The Morgan fingerprint density at radius 1 is 1.14 bits per heavy atom. The van der Waals surface area contributed by atoms with E-state index in [1.165, 1.54) is 0 Å². The van der Waals surface area contributed by atoms with Crippen molar-refractivity contribution >= 4 is 36.6 Å². The second-order valence-corrected chi connectivity index (χ2v) is 10.9. The first-order chi connectivity index (χ1) is 16.8. The zero-order valence-corrected chi connectivity index (χ0v) is 23.9. The number of thiol groups is 1. The lowest BCUT2D eigenvalue weighted by atomic mass is 9.91. The van der Waals surface area contributed by atoms with E-state index in [4.69, 9.17) is 4.74 Å². The Morgan fingerprint density at radius 2 is 1.81 bits per heavy atom. The largest absolute Gasteiger partial charge is 0.444 e. The first-order valence-corrected chi connectivity index (χ1v) is 13.4. The van der Waals surface area contributed by atoms with Gasteiger partial charge in [0.15, 0.2) is 0 Å². The third-order valence-electron chi connectivity index (χ3n) is 5.97. The number of rotatable bonds is 13. The summed E-state index contributed by atoms with van der Waals surface area (Å²) in [5.41, 5.74) is 0.0905. The summed E-state index contributed by atoms with van der Waals surface area (Å²) in [4.78, 5) is 41.8. The lowest BCUT2D eigenvalue weighted by Gasteiger charge is -2.44. The number of nitrogens with zero attached hydrogens (tertiary/aromatic N) is 1. The number of carbonyl (C=O) groups excluding carboxylic acids is 3. The van der Waals surface area contributed by atoms with Gasteiger partial charge in [-0.1, -0.05) is 57.5 Å². The molecule has 0 heterocycles. The summed E-state index contributed by atoms with van der Waals surface area (Å²) < 4.78 is 5.37. The molecule has 1 rings (SSSR count). The van der Waals surface area contributed by atoms with Gasteiger partial charge in [-0.2, -0.15) is 12.6 Å². The maximum atomic E-state index is 14.0. The van der Waals surface area contributed by atoms with Crippen LogP contribution >= 0.6 is 12.6 Å². The van der Waals surface area contributed by atoms with Gasteiger partial charge in [-0.3, -0.25) is 9.59 Å². The van der Waals surface area contributed by atoms with Gasteiger partial charge in [0.05, 0.1) is 0 Å². The van der Waals surface area contributed by atoms with Gasteiger partial charge in [-0.05, 0) is 64.7 Å². The normalized spacial score (nSPS) is 13.3. The lowest BCUT2D eigenvalue weighted by molar-refractivity contribution is -0.148. The maximum Gasteiger partial charge on any atom is 0.408 e. The Bertz CT molecular complexity index is 895. The molecule has 0 radical (unpaired) electrons. The zero-order valence-electron chi connectivity index (χ0n) is 23.0. The van der Waals surface area contributed by atoms with Crippen LogP contribution in [0.4, 0.5) is 4.79 Å². The van der Waals surface area contributed by atoms with Crippen LogP contribution in [0.5, 0.6) is 0 Å². The van der Waals surface area contributed by atoms with Crippen molar-refractivity contribution in [2.45, 2.75) is 97.4 Å². The van der Waals surface area contributed by atoms with E-state index in [1.54, 1.807) is 31.7 Å². The van der Waals surface area contributed by atoms with Crippen LogP contribution in [-0.4, -0.2) is 52.3 Å². The molecule has 36 heavy (non-hydrogen) atoms. The summed E-state index contributed by atoms with van der Waals surface area (Å²) in [5, 5.41) is 5.67. The fourth-order valence-electron chi connectivity index (χ4n) is 3.71. The molecule has 8 heteroatoms. The fraction of sp³-hybridized carbons (Fsp3) is 0.607. The van der Waals surface area contributed by atoms with Crippen LogP contribution in [0.1, 0.15) is 91.3 Å². The molecule has 0 aromatic heterocycles. The topological polar surface area (TPSA) is 87.7 Å². The average molecular weight is 520 g/mol. The molecule has 0 saturated carbocycles. The average Bonchev–Trinajstić information content (AvgIpc) is 2.81. The van der Waals surface area contributed by atoms with Crippen molar-refractivity contribution < 1.29 is 19.1 Å². The van der Waals surface area contributed by atoms with Gasteiger partial charge >= 0.3 is 6.09 Å². The molecule has 3 amide bonds. The second kappa shape index (κ2) is 14.3. The van der Waals surface area contributed by atoms with Crippen molar-refractivity contribution in [3.63, 3.8) is 0 Å². The number of benzene rings is 1. The van der Waals surface area contributed by atoms with Crippen molar-refractivity contribution in [1.29, 1.82) is 0 Å². The molecule has 0 aliphatic heterocycles. The van der Waals surface area contributed by atoms with Crippen LogP contribution < -0.4 is 10.6 Å². The number of alkyl carbamates (subject to hydrolysis) is 1. The highest BCUT2D eigenvalue weighted by Gasteiger charge is 2.42. The van der Waals surface area contributed by atoms with E-state index in [0.717, 1.165) is 24.8 Å². The van der Waals surface area contributed by atoms with Crippen LogP contribution in [0.25, 0.3) is 6.08 Å². The summed E-state index contributed by atoms with van der Waals surface area (Å²) in [6.45, 7) is 17.5. The molecule has 0 bridgehead atoms. The van der Waals surface area contributed by atoms with Crippen LogP contribution in [0.3, 0.4) is 0 Å². The van der Waals surface area contributed by atoms with Crippen molar-refractivity contribution in [2.24, 2.45) is 0 Å². The van der Waals surface area contributed by atoms with Crippen molar-refractivity contribution in [2.75, 3.05) is 12.3 Å². The van der Waals surface area contributed by atoms with Gasteiger partial charge in [-0.15, -0.1) is 0 Å². The van der Waals surface area contributed by atoms with E-state index in [0.29, 0.717) is 18.5 Å². The Labute approximate surface area is 222 Å². The number of unbranched alkanes of at least 4 members (excludes halogenated alkanes) is 2. The van der Waals surface area contributed by atoms with Gasteiger partial charge in [-0.25, -0.2) is 4.79 Å². The third-order valence-corrected chi connectivity index (χ3v) is 6.34. The Morgan fingerprint density at radius 3 is 2.33 bits per heavy atom. The van der Waals surface area contributed by atoms with Crippen LogP contribution in [0, 0.1) is 0 Å². The van der Waals surface area contributed by atoms with E-state index < -0.39 is 35.2 Å². The standard InChI is InChI=1S/C28H45N3O4S/c1-9-12-13-17-29-24(32)23(21-16-14-15-20(10-2)18-21)31(28(7,8)11-3)25(33)22(19-36)30-26(34)35-27(4,5)6/h10,14-16,18,22-23,36H,2,9,11-13,17,19H2,1,3-8H3,(H,29,32)(H,30,34). The summed E-state index contributed by atoms with van der Waals surface area (Å²) in [6.07, 6.45) is 4.48. The molecule has 0 aliphatic carbocycles. The van der Waals surface area contributed by atoms with Crippen molar-refractivity contribution in [3.8, 4) is 0 Å². The first kappa shape index (κ1) is 31.5. The molecule has 2 N–H and O–H groups in total. The monoisotopic (exact) mass is 519 g/mol. The van der Waals surface area contributed by atoms with Crippen LogP contribution in [-0.2, 0) is 14.3 Å². The van der Waals surface area contributed by atoms with Crippen molar-refractivity contribution in [1.82, 2.24) is 15.5 Å². The number of nitrogens with one attached hydrogen (secondary N) is 2. The molecule has 7 nitrogen and oxygen atoms in total. The predicted molar refractivity (Wildman–Crippen MR) is 150 cm³/mol. The minimum absolute atomic E-state index is 0.0475. The summed E-state index contributed by atoms with van der Waals surface area (Å²) >= 11 is 4.35. The molecule has 1 aromatic rings. The Balaban J connectivity index is 3.51. The highest BCUT2D eigenvalue weighted by Crippen LogP contribution is 2.33. The third kappa shape index (κ3) is 9.52. The minimum atomic E-state index is -0.980. The highest BCUT2D eigenvalue weighted by molar-refractivity contribution is 7.80. The molecular weight excluding hydrogens is 474 g/mol. The quantitative estimate of drug-likeness (QED) is 0.237. The number of ether oxygens (including phenoxy) is 1. The smallest absolute Gasteiger partial charge is 0.408 e.